The Bertz CT molecular complexity index is 297. The van der Waals surface area contributed by atoms with E-state index in [1.54, 1.807) is 12.1 Å². The minimum atomic E-state index is -0.744. The molecule has 0 saturated carbocycles. The predicted molar refractivity (Wildman–Crippen MR) is 51.0 cm³/mol. The highest BCUT2D eigenvalue weighted by atomic mass is 79.9. The summed E-state index contributed by atoms with van der Waals surface area (Å²) in [5, 5.41) is 18.5. The van der Waals surface area contributed by atoms with E-state index in [4.69, 9.17) is 5.11 Å². The summed E-state index contributed by atoms with van der Waals surface area (Å²) >= 11 is 3.25. The van der Waals surface area contributed by atoms with Gasteiger partial charge in [0.15, 0.2) is 0 Å². The lowest BCUT2D eigenvalue weighted by Gasteiger charge is -2.07. The zero-order valence-electron chi connectivity index (χ0n) is 6.37. The molecule has 0 fully saturated rings. The lowest BCUT2D eigenvalue weighted by atomic mass is 10.1. The van der Waals surface area contributed by atoms with E-state index in [1.807, 2.05) is 0 Å². The summed E-state index contributed by atoms with van der Waals surface area (Å²) in [6.45, 7) is 3.46. The number of phenolic OH excluding ortho intramolecular Hbond substituents is 1. The molecule has 1 rings (SSSR count). The van der Waals surface area contributed by atoms with Gasteiger partial charge in [-0.2, -0.15) is 0 Å². The van der Waals surface area contributed by atoms with Crippen molar-refractivity contribution < 1.29 is 10.2 Å². The van der Waals surface area contributed by atoms with Crippen LogP contribution in [0.25, 0.3) is 0 Å². The Morgan fingerprint density at radius 2 is 2.17 bits per heavy atom. The first kappa shape index (κ1) is 9.29. The first-order valence-corrected chi connectivity index (χ1v) is 4.23. The fraction of sp³-hybridized carbons (Fsp3) is 0.111. The molecule has 1 aromatic rings. The third-order valence-electron chi connectivity index (χ3n) is 1.52. The molecule has 0 spiro atoms. The smallest absolute Gasteiger partial charge is 0.116 e. The van der Waals surface area contributed by atoms with Gasteiger partial charge in [0.05, 0.1) is 6.10 Å². The molecule has 64 valence electrons. The summed E-state index contributed by atoms with van der Waals surface area (Å²) in [6, 6.07) is 4.72. The molecule has 3 heteroatoms. The van der Waals surface area contributed by atoms with Crippen molar-refractivity contribution in [1.29, 1.82) is 0 Å². The van der Waals surface area contributed by atoms with Gasteiger partial charge >= 0.3 is 0 Å². The predicted octanol–water partition coefficient (Wildman–Crippen LogP) is 2.37. The highest BCUT2D eigenvalue weighted by Crippen LogP contribution is 2.27. The standard InChI is InChI=1S/C9H9BrO2/c1-2-9(12)7-5-6(11)3-4-8(7)10/h2-5,9,11-12H,1H2. The number of aliphatic hydroxyl groups excluding tert-OH is 1. The molecule has 0 aromatic heterocycles. The second kappa shape index (κ2) is 3.74. The van der Waals surface area contributed by atoms with Crippen LogP contribution in [0.3, 0.4) is 0 Å². The number of hydrogen-bond acceptors (Lipinski definition) is 2. The van der Waals surface area contributed by atoms with Gasteiger partial charge in [0.2, 0.25) is 0 Å². The molecular formula is C9H9BrO2. The molecule has 0 bridgehead atoms. The van der Waals surface area contributed by atoms with Gasteiger partial charge in [-0.3, -0.25) is 0 Å². The van der Waals surface area contributed by atoms with E-state index in [-0.39, 0.29) is 5.75 Å². The molecule has 0 heterocycles. The summed E-state index contributed by atoms with van der Waals surface area (Å²) in [4.78, 5) is 0. The quantitative estimate of drug-likeness (QED) is 0.764. The number of aliphatic hydroxyl groups is 1. The summed E-state index contributed by atoms with van der Waals surface area (Å²) in [5.74, 6) is 0.133. The summed E-state index contributed by atoms with van der Waals surface area (Å²) in [6.07, 6.45) is 0.658. The average Bonchev–Trinajstić information content (AvgIpc) is 2.08. The van der Waals surface area contributed by atoms with Gasteiger partial charge in [0, 0.05) is 10.0 Å². The Morgan fingerprint density at radius 3 is 2.75 bits per heavy atom. The van der Waals surface area contributed by atoms with Gasteiger partial charge in [0.1, 0.15) is 5.75 Å². The largest absolute Gasteiger partial charge is 0.508 e. The molecule has 12 heavy (non-hydrogen) atoms. The van der Waals surface area contributed by atoms with Gasteiger partial charge in [0.25, 0.3) is 0 Å². The number of rotatable bonds is 2. The van der Waals surface area contributed by atoms with Crippen LogP contribution in [0.4, 0.5) is 0 Å². The van der Waals surface area contributed by atoms with Crippen molar-refractivity contribution in [2.24, 2.45) is 0 Å². The second-order valence-corrected chi connectivity index (χ2v) is 3.24. The van der Waals surface area contributed by atoms with Crippen molar-refractivity contribution in [2.75, 3.05) is 0 Å². The van der Waals surface area contributed by atoms with Crippen LogP contribution in [-0.2, 0) is 0 Å². The van der Waals surface area contributed by atoms with E-state index >= 15 is 0 Å². The molecule has 0 radical (unpaired) electrons. The Hall–Kier alpha value is -0.800. The first-order chi connectivity index (χ1) is 5.65. The van der Waals surface area contributed by atoms with Crippen molar-refractivity contribution in [3.05, 3.63) is 40.9 Å². The molecule has 2 N–H and O–H groups in total. The van der Waals surface area contributed by atoms with Gasteiger partial charge in [-0.05, 0) is 18.2 Å². The lowest BCUT2D eigenvalue weighted by molar-refractivity contribution is 0.228. The van der Waals surface area contributed by atoms with Crippen LogP contribution in [0.2, 0.25) is 0 Å². The van der Waals surface area contributed by atoms with Crippen molar-refractivity contribution >= 4 is 15.9 Å². The number of phenols is 1. The average molecular weight is 229 g/mol. The van der Waals surface area contributed by atoms with Gasteiger partial charge in [-0.25, -0.2) is 0 Å². The van der Waals surface area contributed by atoms with Crippen LogP contribution >= 0.6 is 15.9 Å². The van der Waals surface area contributed by atoms with E-state index in [2.05, 4.69) is 22.5 Å². The second-order valence-electron chi connectivity index (χ2n) is 2.39. The zero-order chi connectivity index (χ0) is 9.14. The summed E-state index contributed by atoms with van der Waals surface area (Å²) in [7, 11) is 0. The SMILES string of the molecule is C=CC(O)c1cc(O)ccc1Br. The van der Waals surface area contributed by atoms with E-state index in [1.165, 1.54) is 12.1 Å². The summed E-state index contributed by atoms with van der Waals surface area (Å²) in [5.41, 5.74) is 0.616. The van der Waals surface area contributed by atoms with Gasteiger partial charge in [-0.1, -0.05) is 22.0 Å². The highest BCUT2D eigenvalue weighted by Gasteiger charge is 2.07. The number of aromatic hydroxyl groups is 1. The summed E-state index contributed by atoms with van der Waals surface area (Å²) < 4.78 is 0.757. The van der Waals surface area contributed by atoms with Crippen LogP contribution in [0.15, 0.2) is 35.3 Å². The molecule has 1 aromatic carbocycles. The zero-order valence-corrected chi connectivity index (χ0v) is 7.95. The topological polar surface area (TPSA) is 40.5 Å². The maximum Gasteiger partial charge on any atom is 0.116 e. The normalized spacial score (nSPS) is 12.5. The van der Waals surface area contributed by atoms with Crippen LogP contribution in [-0.4, -0.2) is 10.2 Å². The number of benzene rings is 1. The maximum atomic E-state index is 9.38. The molecule has 1 atom stereocenters. The van der Waals surface area contributed by atoms with Gasteiger partial charge < -0.3 is 10.2 Å². The molecule has 0 aliphatic carbocycles. The minimum absolute atomic E-state index is 0.133. The Morgan fingerprint density at radius 1 is 1.50 bits per heavy atom. The third-order valence-corrected chi connectivity index (χ3v) is 2.24. The van der Waals surface area contributed by atoms with E-state index in [9.17, 15) is 5.11 Å². The van der Waals surface area contributed by atoms with Crippen molar-refractivity contribution in [1.82, 2.24) is 0 Å². The monoisotopic (exact) mass is 228 g/mol. The Kier molecular flexibility index (Phi) is 2.89. The van der Waals surface area contributed by atoms with Crippen LogP contribution in [0, 0.1) is 0 Å². The van der Waals surface area contributed by atoms with Crippen molar-refractivity contribution in [3.63, 3.8) is 0 Å². The fourth-order valence-electron chi connectivity index (χ4n) is 0.885. The molecule has 1 unspecified atom stereocenters. The molecule has 2 nitrogen and oxygen atoms in total. The first-order valence-electron chi connectivity index (χ1n) is 3.44. The van der Waals surface area contributed by atoms with Gasteiger partial charge in [-0.15, -0.1) is 6.58 Å². The molecule has 0 amide bonds. The lowest BCUT2D eigenvalue weighted by Crippen LogP contribution is -1.93. The van der Waals surface area contributed by atoms with E-state index < -0.39 is 6.10 Å². The fourth-order valence-corrected chi connectivity index (χ4v) is 1.37. The Balaban J connectivity index is 3.12. The third kappa shape index (κ3) is 1.87. The van der Waals surface area contributed by atoms with E-state index in [0.717, 1.165) is 4.47 Å². The molecular weight excluding hydrogens is 220 g/mol. The van der Waals surface area contributed by atoms with Crippen molar-refractivity contribution in [2.45, 2.75) is 6.10 Å². The number of hydrogen-bond donors (Lipinski definition) is 2. The Labute approximate surface area is 79.3 Å². The molecule has 0 aliphatic rings. The van der Waals surface area contributed by atoms with Crippen LogP contribution < -0.4 is 0 Å². The molecule has 0 aliphatic heterocycles. The van der Waals surface area contributed by atoms with Crippen molar-refractivity contribution in [3.8, 4) is 5.75 Å². The number of halogens is 1. The highest BCUT2D eigenvalue weighted by molar-refractivity contribution is 9.10. The maximum absolute atomic E-state index is 9.38. The minimum Gasteiger partial charge on any atom is -0.508 e. The van der Waals surface area contributed by atoms with Crippen LogP contribution in [0.5, 0.6) is 5.75 Å². The molecule has 0 saturated heterocycles. The van der Waals surface area contributed by atoms with Crippen LogP contribution in [0.1, 0.15) is 11.7 Å². The van der Waals surface area contributed by atoms with E-state index in [0.29, 0.717) is 5.56 Å².